The molecule has 0 aromatic heterocycles. The number of hydrogen-bond acceptors (Lipinski definition) is 1. The lowest BCUT2D eigenvalue weighted by Crippen LogP contribution is -3.00. The van der Waals surface area contributed by atoms with E-state index in [1.54, 1.807) is 0 Å². The van der Waals surface area contributed by atoms with Crippen molar-refractivity contribution in [3.05, 3.63) is 12.7 Å². The fourth-order valence-corrected chi connectivity index (χ4v) is 2.47. The monoisotopic (exact) mass is 224 g/mol. The third-order valence-corrected chi connectivity index (χ3v) is 3.58. The van der Waals surface area contributed by atoms with Gasteiger partial charge in [0.2, 0.25) is 0 Å². The molecule has 0 spiro atoms. The first-order valence-corrected chi connectivity index (χ1v) is 4.99. The maximum absolute atomic E-state index is 5.22. The molecule has 0 radical (unpaired) electrons. The van der Waals surface area contributed by atoms with Gasteiger partial charge in [0.25, 0.3) is 0 Å². The Labute approximate surface area is 76.0 Å². The molecule has 0 atom stereocenters. The van der Waals surface area contributed by atoms with E-state index in [-0.39, 0.29) is 17.0 Å². The van der Waals surface area contributed by atoms with E-state index in [9.17, 15) is 0 Å². The van der Waals surface area contributed by atoms with Gasteiger partial charge < -0.3 is 21.7 Å². The molecular formula is C7H13BrOS. The third kappa shape index (κ3) is 3.64. The number of halogens is 1. The minimum absolute atomic E-state index is 0. The van der Waals surface area contributed by atoms with Crippen LogP contribution in [0.5, 0.6) is 0 Å². The summed E-state index contributed by atoms with van der Waals surface area (Å²) in [7, 11) is 0.612. The first kappa shape index (κ1) is 10.5. The van der Waals surface area contributed by atoms with Gasteiger partial charge in [-0.2, -0.15) is 0 Å². The van der Waals surface area contributed by atoms with Crippen LogP contribution < -0.4 is 17.0 Å². The van der Waals surface area contributed by atoms with Crippen molar-refractivity contribution in [3.8, 4) is 0 Å². The molecule has 0 aromatic rings. The molecule has 1 saturated heterocycles. The zero-order valence-electron chi connectivity index (χ0n) is 6.01. The predicted octanol–water partition coefficient (Wildman–Crippen LogP) is -2.18. The van der Waals surface area contributed by atoms with Gasteiger partial charge in [-0.3, -0.25) is 0 Å². The molecule has 0 unspecified atom stereocenters. The van der Waals surface area contributed by atoms with Crippen LogP contribution in [-0.4, -0.2) is 30.5 Å². The van der Waals surface area contributed by atoms with E-state index < -0.39 is 0 Å². The molecule has 0 aromatic carbocycles. The van der Waals surface area contributed by atoms with Gasteiger partial charge in [-0.1, -0.05) is 6.58 Å². The summed E-state index contributed by atoms with van der Waals surface area (Å²) < 4.78 is 5.22. The lowest BCUT2D eigenvalue weighted by molar-refractivity contribution is -0.00000268. The largest absolute Gasteiger partial charge is 1.00 e. The minimum Gasteiger partial charge on any atom is -1.00 e. The second-order valence-corrected chi connectivity index (χ2v) is 4.46. The predicted molar refractivity (Wildman–Crippen MR) is 43.0 cm³/mol. The average molecular weight is 225 g/mol. The summed E-state index contributed by atoms with van der Waals surface area (Å²) in [5.41, 5.74) is 0. The molecule has 1 aliphatic heterocycles. The van der Waals surface area contributed by atoms with Crippen molar-refractivity contribution < 1.29 is 21.7 Å². The molecule has 0 amide bonds. The van der Waals surface area contributed by atoms with Crippen molar-refractivity contribution in [3.63, 3.8) is 0 Å². The Morgan fingerprint density at radius 2 is 2.00 bits per heavy atom. The normalized spacial score (nSPS) is 19.6. The third-order valence-electron chi connectivity index (χ3n) is 1.39. The maximum Gasteiger partial charge on any atom is 0.131 e. The van der Waals surface area contributed by atoms with Crippen LogP contribution in [0.4, 0.5) is 0 Å². The van der Waals surface area contributed by atoms with Crippen LogP contribution in [0.25, 0.3) is 0 Å². The van der Waals surface area contributed by atoms with Crippen molar-refractivity contribution in [2.24, 2.45) is 0 Å². The summed E-state index contributed by atoms with van der Waals surface area (Å²) in [6.07, 6.45) is 2.02. The molecule has 0 aliphatic carbocycles. The first-order chi connectivity index (χ1) is 4.43. The lowest BCUT2D eigenvalue weighted by atomic mass is 10.7. The summed E-state index contributed by atoms with van der Waals surface area (Å²) in [6, 6.07) is 0. The molecule has 10 heavy (non-hydrogen) atoms. The van der Waals surface area contributed by atoms with Crippen molar-refractivity contribution in [2.75, 3.05) is 30.5 Å². The summed E-state index contributed by atoms with van der Waals surface area (Å²) >= 11 is 0. The molecule has 60 valence electrons. The molecule has 0 bridgehead atoms. The van der Waals surface area contributed by atoms with Gasteiger partial charge in [0, 0.05) is 0 Å². The van der Waals surface area contributed by atoms with E-state index in [1.807, 2.05) is 6.08 Å². The van der Waals surface area contributed by atoms with Crippen LogP contribution in [0.15, 0.2) is 12.7 Å². The fourth-order valence-electron chi connectivity index (χ4n) is 0.891. The highest BCUT2D eigenvalue weighted by Gasteiger charge is 2.19. The SMILES string of the molecule is C=CC[S+]1CCOCC1.[Br-]. The molecule has 0 saturated carbocycles. The topological polar surface area (TPSA) is 9.23 Å². The Kier molecular flexibility index (Phi) is 6.59. The van der Waals surface area contributed by atoms with Crippen LogP contribution in [-0.2, 0) is 15.6 Å². The highest BCUT2D eigenvalue weighted by atomic mass is 79.9. The Hall–Kier alpha value is 0.530. The molecular weight excluding hydrogens is 212 g/mol. The van der Waals surface area contributed by atoms with Crippen LogP contribution in [0.3, 0.4) is 0 Å². The number of rotatable bonds is 2. The summed E-state index contributed by atoms with van der Waals surface area (Å²) in [6.45, 7) is 5.66. The second kappa shape index (κ2) is 6.25. The van der Waals surface area contributed by atoms with Gasteiger partial charge in [-0.25, -0.2) is 0 Å². The van der Waals surface area contributed by atoms with Crippen LogP contribution >= 0.6 is 0 Å². The fraction of sp³-hybridized carbons (Fsp3) is 0.714. The van der Waals surface area contributed by atoms with Crippen molar-refractivity contribution in [1.29, 1.82) is 0 Å². The van der Waals surface area contributed by atoms with Crippen molar-refractivity contribution in [1.82, 2.24) is 0 Å². The van der Waals surface area contributed by atoms with Crippen LogP contribution in [0, 0.1) is 0 Å². The van der Waals surface area contributed by atoms with E-state index in [4.69, 9.17) is 4.74 Å². The van der Waals surface area contributed by atoms with E-state index in [2.05, 4.69) is 6.58 Å². The summed E-state index contributed by atoms with van der Waals surface area (Å²) in [4.78, 5) is 0. The Balaban J connectivity index is 0.000000810. The lowest BCUT2D eigenvalue weighted by Gasteiger charge is -2.12. The van der Waals surface area contributed by atoms with Gasteiger partial charge in [0.05, 0.1) is 13.2 Å². The molecule has 1 fully saturated rings. The van der Waals surface area contributed by atoms with Gasteiger partial charge in [0.1, 0.15) is 17.3 Å². The van der Waals surface area contributed by atoms with E-state index in [0.717, 1.165) is 13.2 Å². The Morgan fingerprint density at radius 1 is 1.40 bits per heavy atom. The van der Waals surface area contributed by atoms with E-state index in [0.29, 0.717) is 10.9 Å². The van der Waals surface area contributed by atoms with Gasteiger partial charge >= 0.3 is 0 Å². The standard InChI is InChI=1S/C7H13OS.BrH/c1-2-5-9-6-3-8-4-7-9;/h2H,1,3-7H2;1H/q+1;/p-1. The molecule has 0 N–H and O–H groups in total. The molecule has 1 nitrogen and oxygen atoms in total. The zero-order chi connectivity index (χ0) is 6.53. The van der Waals surface area contributed by atoms with Crippen molar-refractivity contribution in [2.45, 2.75) is 0 Å². The first-order valence-electron chi connectivity index (χ1n) is 3.26. The molecule has 1 aliphatic rings. The van der Waals surface area contributed by atoms with Gasteiger partial charge in [-0.15, -0.1) is 0 Å². The highest BCUT2D eigenvalue weighted by Crippen LogP contribution is 2.02. The van der Waals surface area contributed by atoms with Gasteiger partial charge in [-0.05, 0) is 17.0 Å². The average Bonchev–Trinajstić information content (AvgIpc) is 1.91. The summed E-state index contributed by atoms with van der Waals surface area (Å²) in [5, 5.41) is 0. The van der Waals surface area contributed by atoms with E-state index in [1.165, 1.54) is 17.3 Å². The Bertz CT molecular complexity index is 91.6. The van der Waals surface area contributed by atoms with Gasteiger partial charge in [0.15, 0.2) is 0 Å². The highest BCUT2D eigenvalue weighted by molar-refractivity contribution is 7.97. The maximum atomic E-state index is 5.22. The smallest absolute Gasteiger partial charge is 0.131 e. The van der Waals surface area contributed by atoms with E-state index >= 15 is 0 Å². The van der Waals surface area contributed by atoms with Crippen molar-refractivity contribution >= 4 is 10.9 Å². The molecule has 3 heteroatoms. The van der Waals surface area contributed by atoms with Crippen LogP contribution in [0.2, 0.25) is 0 Å². The minimum atomic E-state index is 0. The molecule has 1 rings (SSSR count). The number of hydrogen-bond donors (Lipinski definition) is 0. The quantitative estimate of drug-likeness (QED) is 0.384. The summed E-state index contributed by atoms with van der Waals surface area (Å²) in [5.74, 6) is 3.71. The second-order valence-electron chi connectivity index (χ2n) is 2.09. The number of ether oxygens (including phenoxy) is 1. The Morgan fingerprint density at radius 3 is 2.50 bits per heavy atom. The van der Waals surface area contributed by atoms with Crippen LogP contribution in [0.1, 0.15) is 0 Å². The zero-order valence-corrected chi connectivity index (χ0v) is 8.42. The molecule has 1 heterocycles.